The van der Waals surface area contributed by atoms with Crippen molar-refractivity contribution in [2.75, 3.05) is 19.8 Å². The zero-order valence-corrected chi connectivity index (χ0v) is 8.29. The Kier molecular flexibility index (Phi) is 3.47. The Hall–Kier alpha value is -0.380. The van der Waals surface area contributed by atoms with Gasteiger partial charge in [0.05, 0.1) is 12.3 Å². The first-order valence-electron chi connectivity index (χ1n) is 4.76. The summed E-state index contributed by atoms with van der Waals surface area (Å²) in [6, 6.07) is 0. The van der Waals surface area contributed by atoms with Crippen LogP contribution in [0.15, 0.2) is 12.2 Å². The molecule has 1 saturated heterocycles. The van der Waals surface area contributed by atoms with E-state index >= 15 is 0 Å². The van der Waals surface area contributed by atoms with Crippen molar-refractivity contribution in [2.45, 2.75) is 31.8 Å². The molecule has 2 N–H and O–H groups in total. The fourth-order valence-electron chi connectivity index (χ4n) is 1.85. The SMILES string of the molecule is C=C(C)CC1(O)CCN(CO)CC1. The Morgan fingerprint density at radius 3 is 2.38 bits per heavy atom. The summed E-state index contributed by atoms with van der Waals surface area (Å²) >= 11 is 0. The summed E-state index contributed by atoms with van der Waals surface area (Å²) in [6.07, 6.45) is 2.16. The van der Waals surface area contributed by atoms with Crippen molar-refractivity contribution < 1.29 is 10.2 Å². The highest BCUT2D eigenvalue weighted by atomic mass is 16.3. The molecule has 0 aromatic heterocycles. The number of nitrogens with zero attached hydrogens (tertiary/aromatic N) is 1. The molecular formula is C10H19NO2. The third-order valence-corrected chi connectivity index (χ3v) is 2.62. The van der Waals surface area contributed by atoms with Crippen LogP contribution in [-0.2, 0) is 0 Å². The van der Waals surface area contributed by atoms with Crippen LogP contribution in [0.1, 0.15) is 26.2 Å². The summed E-state index contributed by atoms with van der Waals surface area (Å²) in [4.78, 5) is 1.94. The van der Waals surface area contributed by atoms with Gasteiger partial charge in [0, 0.05) is 13.1 Å². The molecule has 0 aromatic carbocycles. The van der Waals surface area contributed by atoms with Gasteiger partial charge in [-0.1, -0.05) is 5.57 Å². The van der Waals surface area contributed by atoms with Crippen molar-refractivity contribution in [3.63, 3.8) is 0 Å². The minimum Gasteiger partial charge on any atom is -0.389 e. The Balaban J connectivity index is 2.41. The number of likely N-dealkylation sites (tertiary alicyclic amines) is 1. The lowest BCUT2D eigenvalue weighted by Gasteiger charge is -2.37. The van der Waals surface area contributed by atoms with Gasteiger partial charge in [-0.25, -0.2) is 0 Å². The second-order valence-electron chi connectivity index (χ2n) is 4.12. The summed E-state index contributed by atoms with van der Waals surface area (Å²) in [7, 11) is 0. The van der Waals surface area contributed by atoms with E-state index in [4.69, 9.17) is 5.11 Å². The fourth-order valence-corrected chi connectivity index (χ4v) is 1.85. The van der Waals surface area contributed by atoms with Crippen molar-refractivity contribution in [1.82, 2.24) is 4.90 Å². The zero-order chi connectivity index (χ0) is 9.90. The quantitative estimate of drug-likeness (QED) is 0.637. The third kappa shape index (κ3) is 3.10. The number of hydrogen-bond acceptors (Lipinski definition) is 3. The lowest BCUT2D eigenvalue weighted by atomic mass is 9.86. The molecule has 0 atom stereocenters. The number of aliphatic hydroxyl groups excluding tert-OH is 1. The van der Waals surface area contributed by atoms with E-state index in [0.29, 0.717) is 6.42 Å². The number of rotatable bonds is 3. The highest BCUT2D eigenvalue weighted by Gasteiger charge is 2.31. The molecule has 0 spiro atoms. The molecule has 0 aliphatic carbocycles. The lowest BCUT2D eigenvalue weighted by Crippen LogP contribution is -2.44. The average molecular weight is 185 g/mol. The standard InChI is InChI=1S/C10H19NO2/c1-9(2)7-10(13)3-5-11(8-12)6-4-10/h12-13H,1,3-8H2,2H3. The first kappa shape index (κ1) is 10.7. The van der Waals surface area contributed by atoms with E-state index in [9.17, 15) is 5.11 Å². The predicted octanol–water partition coefficient (Wildman–Crippen LogP) is 0.729. The Morgan fingerprint density at radius 2 is 2.00 bits per heavy atom. The minimum atomic E-state index is -0.572. The maximum atomic E-state index is 10.1. The Morgan fingerprint density at radius 1 is 1.46 bits per heavy atom. The van der Waals surface area contributed by atoms with Gasteiger partial charge in [-0.15, -0.1) is 6.58 Å². The molecule has 0 amide bonds. The normalized spacial score (nSPS) is 23.0. The van der Waals surface area contributed by atoms with Gasteiger partial charge in [0.25, 0.3) is 0 Å². The largest absolute Gasteiger partial charge is 0.389 e. The molecule has 0 bridgehead atoms. The van der Waals surface area contributed by atoms with Gasteiger partial charge in [-0.3, -0.25) is 4.90 Å². The monoisotopic (exact) mass is 185 g/mol. The smallest absolute Gasteiger partial charge is 0.0956 e. The van der Waals surface area contributed by atoms with E-state index in [1.165, 1.54) is 0 Å². The molecule has 1 aliphatic rings. The van der Waals surface area contributed by atoms with Gasteiger partial charge < -0.3 is 10.2 Å². The van der Waals surface area contributed by atoms with Gasteiger partial charge in [-0.05, 0) is 26.2 Å². The molecule has 1 rings (SSSR count). The van der Waals surface area contributed by atoms with Gasteiger partial charge in [0.2, 0.25) is 0 Å². The van der Waals surface area contributed by atoms with Gasteiger partial charge in [-0.2, -0.15) is 0 Å². The average Bonchev–Trinajstić information content (AvgIpc) is 2.04. The predicted molar refractivity (Wildman–Crippen MR) is 52.3 cm³/mol. The van der Waals surface area contributed by atoms with Crippen LogP contribution in [0.4, 0.5) is 0 Å². The highest BCUT2D eigenvalue weighted by molar-refractivity contribution is 4.99. The summed E-state index contributed by atoms with van der Waals surface area (Å²) in [5.74, 6) is 0. The maximum absolute atomic E-state index is 10.1. The van der Waals surface area contributed by atoms with E-state index in [-0.39, 0.29) is 6.73 Å². The summed E-state index contributed by atoms with van der Waals surface area (Å²) in [5.41, 5.74) is 0.456. The van der Waals surface area contributed by atoms with Crippen molar-refractivity contribution in [1.29, 1.82) is 0 Å². The maximum Gasteiger partial charge on any atom is 0.0956 e. The van der Waals surface area contributed by atoms with E-state index in [1.54, 1.807) is 0 Å². The zero-order valence-electron chi connectivity index (χ0n) is 8.29. The molecule has 1 aliphatic heterocycles. The van der Waals surface area contributed by atoms with Crippen LogP contribution in [-0.4, -0.2) is 40.5 Å². The van der Waals surface area contributed by atoms with E-state index < -0.39 is 5.60 Å². The molecule has 0 saturated carbocycles. The van der Waals surface area contributed by atoms with Crippen LogP contribution in [0.3, 0.4) is 0 Å². The summed E-state index contributed by atoms with van der Waals surface area (Å²) < 4.78 is 0. The number of aliphatic hydroxyl groups is 2. The molecule has 0 unspecified atom stereocenters. The number of piperidine rings is 1. The molecule has 3 heteroatoms. The van der Waals surface area contributed by atoms with Gasteiger partial charge in [0.15, 0.2) is 0 Å². The van der Waals surface area contributed by atoms with Gasteiger partial charge in [0.1, 0.15) is 0 Å². The summed E-state index contributed by atoms with van der Waals surface area (Å²) in [6.45, 7) is 7.41. The first-order valence-corrected chi connectivity index (χ1v) is 4.76. The van der Waals surface area contributed by atoms with Crippen LogP contribution in [0, 0.1) is 0 Å². The second-order valence-corrected chi connectivity index (χ2v) is 4.12. The Labute approximate surface area is 79.7 Å². The second kappa shape index (κ2) is 4.22. The van der Waals surface area contributed by atoms with Crippen molar-refractivity contribution in [2.24, 2.45) is 0 Å². The minimum absolute atomic E-state index is 0.100. The Bertz CT molecular complexity index is 183. The van der Waals surface area contributed by atoms with Crippen LogP contribution >= 0.6 is 0 Å². The number of hydrogen-bond donors (Lipinski definition) is 2. The van der Waals surface area contributed by atoms with E-state index in [2.05, 4.69) is 6.58 Å². The molecule has 1 heterocycles. The first-order chi connectivity index (χ1) is 6.06. The van der Waals surface area contributed by atoms with E-state index in [1.807, 2.05) is 11.8 Å². The van der Waals surface area contributed by atoms with Crippen molar-refractivity contribution in [3.05, 3.63) is 12.2 Å². The van der Waals surface area contributed by atoms with Gasteiger partial charge >= 0.3 is 0 Å². The molecular weight excluding hydrogens is 166 g/mol. The molecule has 76 valence electrons. The lowest BCUT2D eigenvalue weighted by molar-refractivity contribution is -0.0388. The fraction of sp³-hybridized carbons (Fsp3) is 0.800. The van der Waals surface area contributed by atoms with E-state index in [0.717, 1.165) is 31.5 Å². The van der Waals surface area contributed by atoms with Crippen LogP contribution < -0.4 is 0 Å². The highest BCUT2D eigenvalue weighted by Crippen LogP contribution is 2.27. The summed E-state index contributed by atoms with van der Waals surface area (Å²) in [5, 5.41) is 19.0. The van der Waals surface area contributed by atoms with Crippen molar-refractivity contribution >= 4 is 0 Å². The molecule has 3 nitrogen and oxygen atoms in total. The molecule has 0 aromatic rings. The molecule has 1 fully saturated rings. The third-order valence-electron chi connectivity index (χ3n) is 2.62. The van der Waals surface area contributed by atoms with Crippen LogP contribution in [0.2, 0.25) is 0 Å². The topological polar surface area (TPSA) is 43.7 Å². The van der Waals surface area contributed by atoms with Crippen LogP contribution in [0.25, 0.3) is 0 Å². The molecule has 13 heavy (non-hydrogen) atoms. The molecule has 0 radical (unpaired) electrons. The van der Waals surface area contributed by atoms with Crippen LogP contribution in [0.5, 0.6) is 0 Å². The van der Waals surface area contributed by atoms with Crippen molar-refractivity contribution in [3.8, 4) is 0 Å².